The Balaban J connectivity index is 2.93. The predicted octanol–water partition coefficient (Wildman–Crippen LogP) is 2.73. The van der Waals surface area contributed by atoms with Gasteiger partial charge in [0.25, 0.3) is 0 Å². The van der Waals surface area contributed by atoms with Crippen LogP contribution in [0, 0.1) is 5.82 Å². The topological polar surface area (TPSA) is 52.8 Å². The summed E-state index contributed by atoms with van der Waals surface area (Å²) in [5.74, 6) is -0.343. The zero-order valence-electron chi connectivity index (χ0n) is 7.95. The summed E-state index contributed by atoms with van der Waals surface area (Å²) in [6, 6.07) is 3.54. The Labute approximate surface area is 91.8 Å². The highest BCUT2D eigenvalue weighted by molar-refractivity contribution is 6.18. The Bertz CT molecular complexity index is 368. The van der Waals surface area contributed by atoms with Gasteiger partial charge in [-0.25, -0.2) is 4.39 Å². The lowest BCUT2D eigenvalue weighted by molar-refractivity contribution is 0.317. The Morgan fingerprint density at radius 3 is 2.73 bits per heavy atom. The zero-order chi connectivity index (χ0) is 11.3. The number of benzene rings is 1. The first-order valence-electron chi connectivity index (χ1n) is 4.45. The smallest absolute Gasteiger partial charge is 0.127 e. The SMILES string of the molecule is O/N=C(\CCCCl)c1ccc(F)cc1O. The van der Waals surface area contributed by atoms with E-state index < -0.39 is 5.82 Å². The Hall–Kier alpha value is -1.29. The standard InChI is InChI=1S/C10H11ClFNO2/c11-5-1-2-9(13-15)8-4-3-7(12)6-10(8)14/h3-4,6,14-15H,1-2,5H2/b13-9+. The Morgan fingerprint density at radius 1 is 1.47 bits per heavy atom. The van der Waals surface area contributed by atoms with Crippen LogP contribution in [0.4, 0.5) is 4.39 Å². The van der Waals surface area contributed by atoms with Crippen molar-refractivity contribution in [1.29, 1.82) is 0 Å². The van der Waals surface area contributed by atoms with Gasteiger partial charge in [-0.05, 0) is 25.0 Å². The molecule has 0 aliphatic heterocycles. The lowest BCUT2D eigenvalue weighted by atomic mass is 10.1. The van der Waals surface area contributed by atoms with Crippen molar-refractivity contribution in [3.63, 3.8) is 0 Å². The van der Waals surface area contributed by atoms with Crippen LogP contribution in [0.15, 0.2) is 23.4 Å². The van der Waals surface area contributed by atoms with Gasteiger partial charge < -0.3 is 10.3 Å². The van der Waals surface area contributed by atoms with E-state index in [-0.39, 0.29) is 5.75 Å². The average Bonchev–Trinajstić information content (AvgIpc) is 2.21. The van der Waals surface area contributed by atoms with Gasteiger partial charge in [-0.3, -0.25) is 0 Å². The highest BCUT2D eigenvalue weighted by Crippen LogP contribution is 2.20. The molecular weight excluding hydrogens is 221 g/mol. The molecule has 82 valence electrons. The zero-order valence-corrected chi connectivity index (χ0v) is 8.71. The Morgan fingerprint density at radius 2 is 2.20 bits per heavy atom. The molecule has 2 N–H and O–H groups in total. The molecule has 0 radical (unpaired) electrons. The molecule has 0 aromatic heterocycles. The summed E-state index contributed by atoms with van der Waals surface area (Å²) in [6.45, 7) is 0. The first kappa shape index (κ1) is 11.8. The molecule has 1 aromatic carbocycles. The van der Waals surface area contributed by atoms with Crippen molar-refractivity contribution < 1.29 is 14.7 Å². The van der Waals surface area contributed by atoms with Gasteiger partial charge in [0, 0.05) is 17.5 Å². The molecule has 3 nitrogen and oxygen atoms in total. The summed E-state index contributed by atoms with van der Waals surface area (Å²) in [6.07, 6.45) is 1.05. The first-order chi connectivity index (χ1) is 7.19. The van der Waals surface area contributed by atoms with Crippen molar-refractivity contribution in [2.75, 3.05) is 5.88 Å². The number of aromatic hydroxyl groups is 1. The van der Waals surface area contributed by atoms with Crippen molar-refractivity contribution in [1.82, 2.24) is 0 Å². The third kappa shape index (κ3) is 3.09. The largest absolute Gasteiger partial charge is 0.507 e. The highest BCUT2D eigenvalue weighted by Gasteiger charge is 2.10. The molecule has 0 unspecified atom stereocenters. The predicted molar refractivity (Wildman–Crippen MR) is 56.3 cm³/mol. The maximum Gasteiger partial charge on any atom is 0.127 e. The monoisotopic (exact) mass is 231 g/mol. The van der Waals surface area contributed by atoms with E-state index >= 15 is 0 Å². The number of hydrogen-bond acceptors (Lipinski definition) is 3. The summed E-state index contributed by atoms with van der Waals surface area (Å²) in [7, 11) is 0. The van der Waals surface area contributed by atoms with Crippen LogP contribution in [0.5, 0.6) is 5.75 Å². The van der Waals surface area contributed by atoms with Gasteiger partial charge in [-0.2, -0.15) is 0 Å². The van der Waals surface area contributed by atoms with Crippen LogP contribution in [-0.2, 0) is 0 Å². The van der Waals surface area contributed by atoms with Crippen LogP contribution in [0.1, 0.15) is 18.4 Å². The van der Waals surface area contributed by atoms with Crippen LogP contribution in [0.2, 0.25) is 0 Å². The second kappa shape index (κ2) is 5.56. The fraction of sp³-hybridized carbons (Fsp3) is 0.300. The maximum absolute atomic E-state index is 12.7. The van der Waals surface area contributed by atoms with E-state index in [1.165, 1.54) is 12.1 Å². The lowest BCUT2D eigenvalue weighted by Gasteiger charge is -2.05. The summed E-state index contributed by atoms with van der Waals surface area (Å²) in [5, 5.41) is 21.2. The van der Waals surface area contributed by atoms with Gasteiger partial charge in [0.1, 0.15) is 11.6 Å². The molecule has 0 bridgehead atoms. The maximum atomic E-state index is 12.7. The van der Waals surface area contributed by atoms with E-state index in [9.17, 15) is 9.50 Å². The van der Waals surface area contributed by atoms with Gasteiger partial charge in [0.15, 0.2) is 0 Å². The molecule has 5 heteroatoms. The van der Waals surface area contributed by atoms with E-state index in [4.69, 9.17) is 16.8 Å². The van der Waals surface area contributed by atoms with Crippen molar-refractivity contribution in [2.24, 2.45) is 5.16 Å². The molecule has 1 aromatic rings. The molecule has 0 heterocycles. The van der Waals surface area contributed by atoms with Crippen LogP contribution >= 0.6 is 11.6 Å². The van der Waals surface area contributed by atoms with Gasteiger partial charge in [-0.1, -0.05) is 5.16 Å². The fourth-order valence-corrected chi connectivity index (χ4v) is 1.36. The minimum Gasteiger partial charge on any atom is -0.507 e. The molecule has 0 spiro atoms. The van der Waals surface area contributed by atoms with Crippen LogP contribution in [-0.4, -0.2) is 21.9 Å². The van der Waals surface area contributed by atoms with Crippen molar-refractivity contribution in [3.05, 3.63) is 29.6 Å². The van der Waals surface area contributed by atoms with E-state index in [2.05, 4.69) is 5.16 Å². The minimum atomic E-state index is -0.536. The van der Waals surface area contributed by atoms with E-state index in [1.54, 1.807) is 0 Å². The molecular formula is C10H11ClFNO2. The number of hydrogen-bond donors (Lipinski definition) is 2. The van der Waals surface area contributed by atoms with Crippen LogP contribution in [0.3, 0.4) is 0 Å². The number of phenols is 1. The normalized spacial score (nSPS) is 11.7. The average molecular weight is 232 g/mol. The lowest BCUT2D eigenvalue weighted by Crippen LogP contribution is -2.02. The molecule has 0 saturated carbocycles. The third-order valence-corrected chi connectivity index (χ3v) is 2.21. The third-order valence-electron chi connectivity index (χ3n) is 1.94. The first-order valence-corrected chi connectivity index (χ1v) is 4.98. The molecule has 0 atom stereocenters. The fourth-order valence-electron chi connectivity index (χ4n) is 1.22. The molecule has 0 aliphatic carbocycles. The Kier molecular flexibility index (Phi) is 4.37. The summed E-state index contributed by atoms with van der Waals surface area (Å²) < 4.78 is 12.7. The van der Waals surface area contributed by atoms with Gasteiger partial charge >= 0.3 is 0 Å². The van der Waals surface area contributed by atoms with Crippen LogP contribution in [0.25, 0.3) is 0 Å². The number of phenolic OH excluding ortho intramolecular Hbond substituents is 1. The van der Waals surface area contributed by atoms with Crippen LogP contribution < -0.4 is 0 Å². The number of halogens is 2. The summed E-state index contributed by atoms with van der Waals surface area (Å²) >= 11 is 5.50. The van der Waals surface area contributed by atoms with Gasteiger partial charge in [0.2, 0.25) is 0 Å². The number of nitrogens with zero attached hydrogens (tertiary/aromatic N) is 1. The van der Waals surface area contributed by atoms with Crippen molar-refractivity contribution in [3.8, 4) is 5.75 Å². The highest BCUT2D eigenvalue weighted by atomic mass is 35.5. The van der Waals surface area contributed by atoms with Gasteiger partial charge in [0.05, 0.1) is 5.71 Å². The summed E-state index contributed by atoms with van der Waals surface area (Å²) in [4.78, 5) is 0. The number of oxime groups is 1. The van der Waals surface area contributed by atoms with Crippen molar-refractivity contribution >= 4 is 17.3 Å². The molecule has 0 fully saturated rings. The van der Waals surface area contributed by atoms with E-state index in [0.717, 1.165) is 6.07 Å². The molecule has 0 aliphatic rings. The number of rotatable bonds is 4. The van der Waals surface area contributed by atoms with E-state index in [1.807, 2.05) is 0 Å². The van der Waals surface area contributed by atoms with Crippen molar-refractivity contribution in [2.45, 2.75) is 12.8 Å². The second-order valence-corrected chi connectivity index (χ2v) is 3.38. The summed E-state index contributed by atoms with van der Waals surface area (Å²) in [5.41, 5.74) is 0.622. The molecule has 0 saturated heterocycles. The quantitative estimate of drug-likeness (QED) is 0.362. The van der Waals surface area contributed by atoms with E-state index in [0.29, 0.717) is 30.0 Å². The second-order valence-electron chi connectivity index (χ2n) is 3.00. The molecule has 15 heavy (non-hydrogen) atoms. The van der Waals surface area contributed by atoms with Gasteiger partial charge in [-0.15, -0.1) is 11.6 Å². The molecule has 0 amide bonds. The minimum absolute atomic E-state index is 0.239. The number of alkyl halides is 1. The molecule has 1 rings (SSSR count).